The molecule has 4 rings (SSSR count). The Bertz CT molecular complexity index is 999. The van der Waals surface area contributed by atoms with Crippen molar-refractivity contribution in [3.63, 3.8) is 0 Å². The highest BCUT2D eigenvalue weighted by molar-refractivity contribution is 7.99. The average Bonchev–Trinajstić information content (AvgIpc) is 2.65. The number of rotatable bonds is 3. The van der Waals surface area contributed by atoms with Crippen molar-refractivity contribution < 1.29 is 4.79 Å². The van der Waals surface area contributed by atoms with E-state index >= 15 is 0 Å². The lowest BCUT2D eigenvalue weighted by atomic mass is 10.0. The van der Waals surface area contributed by atoms with Crippen LogP contribution in [0, 0.1) is 0 Å². The molecule has 2 aromatic carbocycles. The summed E-state index contributed by atoms with van der Waals surface area (Å²) >= 11 is 1.82. The minimum absolute atomic E-state index is 0.0237. The van der Waals surface area contributed by atoms with Crippen LogP contribution in [0.3, 0.4) is 0 Å². The molecule has 2 heterocycles. The van der Waals surface area contributed by atoms with E-state index in [0.717, 1.165) is 12.2 Å². The van der Waals surface area contributed by atoms with Gasteiger partial charge in [0.15, 0.2) is 0 Å². The molecule has 126 valence electrons. The molecule has 0 aliphatic carbocycles. The minimum atomic E-state index is -0.134. The van der Waals surface area contributed by atoms with Gasteiger partial charge in [0.25, 0.3) is 0 Å². The standard InChI is InChI=1S/C19H17N3O2S/c23-17-11-20-22(16-7-3-1-6-14(16)17)12-19(24)21-15-9-10-25-18-8-4-2-5-13(15)18/h1-8,11,15H,9-10,12H2,(H,21,24). The lowest BCUT2D eigenvalue weighted by molar-refractivity contribution is -0.122. The van der Waals surface area contributed by atoms with Crippen LogP contribution < -0.4 is 10.7 Å². The number of hydrogen-bond acceptors (Lipinski definition) is 4. The molecule has 0 saturated carbocycles. The first-order valence-electron chi connectivity index (χ1n) is 8.18. The quantitative estimate of drug-likeness (QED) is 0.788. The number of carbonyl (C=O) groups is 1. The summed E-state index contributed by atoms with van der Waals surface area (Å²) in [5.74, 6) is 0.884. The molecule has 0 spiro atoms. The van der Waals surface area contributed by atoms with Gasteiger partial charge >= 0.3 is 0 Å². The van der Waals surface area contributed by atoms with E-state index in [2.05, 4.69) is 22.5 Å². The van der Waals surface area contributed by atoms with E-state index in [4.69, 9.17) is 0 Å². The summed E-state index contributed by atoms with van der Waals surface area (Å²) in [4.78, 5) is 25.7. The average molecular weight is 351 g/mol. The van der Waals surface area contributed by atoms with Crippen molar-refractivity contribution in [3.8, 4) is 0 Å². The smallest absolute Gasteiger partial charge is 0.242 e. The number of hydrogen-bond donors (Lipinski definition) is 1. The Kier molecular flexibility index (Phi) is 4.28. The Labute approximate surface area is 149 Å². The lowest BCUT2D eigenvalue weighted by Gasteiger charge is -2.26. The van der Waals surface area contributed by atoms with Crippen LogP contribution >= 0.6 is 11.8 Å². The van der Waals surface area contributed by atoms with E-state index in [1.807, 2.05) is 42.1 Å². The molecule has 1 amide bonds. The Morgan fingerprint density at radius 2 is 2.00 bits per heavy atom. The third-order valence-electron chi connectivity index (χ3n) is 4.35. The largest absolute Gasteiger partial charge is 0.348 e. The number of aromatic nitrogens is 2. The summed E-state index contributed by atoms with van der Waals surface area (Å²) in [7, 11) is 0. The monoisotopic (exact) mass is 351 g/mol. The molecule has 0 fully saturated rings. The van der Waals surface area contributed by atoms with Crippen molar-refractivity contribution >= 4 is 28.6 Å². The predicted octanol–water partition coefficient (Wildman–Crippen LogP) is 2.75. The first-order valence-corrected chi connectivity index (χ1v) is 9.17. The van der Waals surface area contributed by atoms with E-state index in [-0.39, 0.29) is 23.9 Å². The van der Waals surface area contributed by atoms with Crippen LogP contribution in [0.25, 0.3) is 10.9 Å². The molecule has 0 radical (unpaired) electrons. The van der Waals surface area contributed by atoms with Crippen molar-refractivity contribution in [2.45, 2.75) is 23.9 Å². The SMILES string of the molecule is O=C(Cn1ncc(=O)c2ccccc21)NC1CCSc2ccccc21. The Hall–Kier alpha value is -2.60. The second-order valence-electron chi connectivity index (χ2n) is 5.98. The molecule has 0 bridgehead atoms. The summed E-state index contributed by atoms with van der Waals surface area (Å²) < 4.78 is 1.58. The van der Waals surface area contributed by atoms with Gasteiger partial charge in [-0.25, -0.2) is 0 Å². The number of benzene rings is 2. The molecule has 1 atom stereocenters. The molecule has 5 nitrogen and oxygen atoms in total. The van der Waals surface area contributed by atoms with E-state index in [1.54, 1.807) is 10.7 Å². The van der Waals surface area contributed by atoms with Gasteiger partial charge in [0, 0.05) is 16.0 Å². The highest BCUT2D eigenvalue weighted by Gasteiger charge is 2.22. The number of nitrogens with zero attached hydrogens (tertiary/aromatic N) is 2. The third kappa shape index (κ3) is 3.17. The van der Waals surface area contributed by atoms with Crippen molar-refractivity contribution in [1.29, 1.82) is 0 Å². The Balaban J connectivity index is 1.56. The number of nitrogens with one attached hydrogen (secondary N) is 1. The highest BCUT2D eigenvalue weighted by atomic mass is 32.2. The van der Waals surface area contributed by atoms with Gasteiger partial charge in [-0.05, 0) is 30.2 Å². The molecular formula is C19H17N3O2S. The normalized spacial score (nSPS) is 16.4. The molecule has 0 saturated heterocycles. The van der Waals surface area contributed by atoms with E-state index in [9.17, 15) is 9.59 Å². The van der Waals surface area contributed by atoms with Crippen molar-refractivity contribution in [3.05, 3.63) is 70.5 Å². The number of amides is 1. The van der Waals surface area contributed by atoms with Gasteiger partial charge in [-0.2, -0.15) is 5.10 Å². The Morgan fingerprint density at radius 1 is 1.20 bits per heavy atom. The molecule has 6 heteroatoms. The number of carbonyl (C=O) groups excluding carboxylic acids is 1. The van der Waals surface area contributed by atoms with Crippen LogP contribution in [0.15, 0.2) is 64.4 Å². The van der Waals surface area contributed by atoms with Crippen molar-refractivity contribution in [2.75, 3.05) is 5.75 Å². The maximum atomic E-state index is 12.6. The molecule has 1 unspecified atom stereocenters. The van der Waals surface area contributed by atoms with Gasteiger partial charge in [0.05, 0.1) is 17.8 Å². The van der Waals surface area contributed by atoms with Gasteiger partial charge in [0.2, 0.25) is 11.3 Å². The predicted molar refractivity (Wildman–Crippen MR) is 98.7 cm³/mol. The van der Waals surface area contributed by atoms with E-state index < -0.39 is 0 Å². The second kappa shape index (κ2) is 6.72. The van der Waals surface area contributed by atoms with Crippen LogP contribution in [0.4, 0.5) is 0 Å². The molecule has 1 aromatic heterocycles. The third-order valence-corrected chi connectivity index (χ3v) is 5.47. The van der Waals surface area contributed by atoms with Crippen LogP contribution in [0.1, 0.15) is 18.0 Å². The minimum Gasteiger partial charge on any atom is -0.348 e. The van der Waals surface area contributed by atoms with E-state index in [1.165, 1.54) is 16.7 Å². The molecule has 25 heavy (non-hydrogen) atoms. The van der Waals surface area contributed by atoms with Gasteiger partial charge in [-0.3, -0.25) is 14.3 Å². The fraction of sp³-hybridized carbons (Fsp3) is 0.211. The molecule has 1 N–H and O–H groups in total. The van der Waals surface area contributed by atoms with Gasteiger partial charge in [-0.15, -0.1) is 11.8 Å². The van der Waals surface area contributed by atoms with Crippen LogP contribution in [-0.2, 0) is 11.3 Å². The molecule has 3 aromatic rings. The van der Waals surface area contributed by atoms with Gasteiger partial charge in [-0.1, -0.05) is 30.3 Å². The van der Waals surface area contributed by atoms with Crippen LogP contribution in [-0.4, -0.2) is 21.4 Å². The Morgan fingerprint density at radius 3 is 2.92 bits per heavy atom. The summed E-state index contributed by atoms with van der Waals surface area (Å²) in [6.45, 7) is 0.0899. The van der Waals surface area contributed by atoms with Crippen molar-refractivity contribution in [1.82, 2.24) is 15.1 Å². The second-order valence-corrected chi connectivity index (χ2v) is 7.12. The van der Waals surface area contributed by atoms with Crippen molar-refractivity contribution in [2.24, 2.45) is 0 Å². The summed E-state index contributed by atoms with van der Waals surface area (Å²) in [5, 5.41) is 7.81. The zero-order valence-corrected chi connectivity index (χ0v) is 14.3. The summed E-state index contributed by atoms with van der Waals surface area (Å²) in [6.07, 6.45) is 2.17. The van der Waals surface area contributed by atoms with Gasteiger partial charge < -0.3 is 5.32 Å². The highest BCUT2D eigenvalue weighted by Crippen LogP contribution is 2.35. The fourth-order valence-corrected chi connectivity index (χ4v) is 4.28. The summed E-state index contributed by atoms with van der Waals surface area (Å²) in [5.41, 5.74) is 1.71. The molecule has 1 aliphatic rings. The fourth-order valence-electron chi connectivity index (χ4n) is 3.15. The van der Waals surface area contributed by atoms with Gasteiger partial charge in [0.1, 0.15) is 6.54 Å². The lowest BCUT2D eigenvalue weighted by Crippen LogP contribution is -2.34. The first-order chi connectivity index (χ1) is 12.2. The van der Waals surface area contributed by atoms with Crippen LogP contribution in [0.2, 0.25) is 0 Å². The number of fused-ring (bicyclic) bond motifs is 2. The molecular weight excluding hydrogens is 334 g/mol. The number of para-hydroxylation sites is 1. The maximum absolute atomic E-state index is 12.6. The topological polar surface area (TPSA) is 64.0 Å². The first kappa shape index (κ1) is 15.9. The zero-order valence-electron chi connectivity index (χ0n) is 13.5. The number of thioether (sulfide) groups is 1. The van der Waals surface area contributed by atoms with E-state index in [0.29, 0.717) is 10.9 Å². The van der Waals surface area contributed by atoms with Crippen LogP contribution in [0.5, 0.6) is 0 Å². The molecule has 1 aliphatic heterocycles. The maximum Gasteiger partial charge on any atom is 0.242 e. The zero-order chi connectivity index (χ0) is 17.2. The summed E-state index contributed by atoms with van der Waals surface area (Å²) in [6, 6.07) is 15.4.